The first kappa shape index (κ1) is 21.0. The molecule has 0 atom stereocenters. The van der Waals surface area contributed by atoms with E-state index in [0.29, 0.717) is 22.8 Å². The van der Waals surface area contributed by atoms with Gasteiger partial charge in [0.1, 0.15) is 22.2 Å². The van der Waals surface area contributed by atoms with Crippen LogP contribution < -0.4 is 9.47 Å². The number of benzene rings is 1. The standard InChI is InChI=1S/C19H24N4O5S/c1-13-16(12-20-14(2)21-13)19(24)22-7-9-23(10-8-22)29(25,26)18-11-15(27-3)5-6-17(18)28-4/h5-6,11-12H,7-10H2,1-4H3. The lowest BCUT2D eigenvalue weighted by Gasteiger charge is -2.34. The van der Waals surface area contributed by atoms with Crippen molar-refractivity contribution < 1.29 is 22.7 Å². The Labute approximate surface area is 170 Å². The predicted molar refractivity (Wildman–Crippen MR) is 106 cm³/mol. The van der Waals surface area contributed by atoms with Crippen LogP contribution in [0.1, 0.15) is 21.9 Å². The number of rotatable bonds is 5. The van der Waals surface area contributed by atoms with Crippen molar-refractivity contribution in [2.24, 2.45) is 0 Å². The van der Waals surface area contributed by atoms with Crippen LogP contribution in [-0.2, 0) is 10.0 Å². The first-order valence-electron chi connectivity index (χ1n) is 9.09. The Morgan fingerprint density at radius 1 is 1.07 bits per heavy atom. The Bertz CT molecular complexity index is 1020. The van der Waals surface area contributed by atoms with Gasteiger partial charge in [0.15, 0.2) is 0 Å². The molecule has 156 valence electrons. The van der Waals surface area contributed by atoms with E-state index in [4.69, 9.17) is 9.47 Å². The molecule has 1 aliphatic heterocycles. The second-order valence-corrected chi connectivity index (χ2v) is 8.54. The van der Waals surface area contributed by atoms with Gasteiger partial charge in [0.25, 0.3) is 5.91 Å². The average Bonchev–Trinajstić information content (AvgIpc) is 2.73. The highest BCUT2D eigenvalue weighted by Gasteiger charge is 2.33. The summed E-state index contributed by atoms with van der Waals surface area (Å²) >= 11 is 0. The summed E-state index contributed by atoms with van der Waals surface area (Å²) in [6.07, 6.45) is 1.52. The van der Waals surface area contributed by atoms with Gasteiger partial charge < -0.3 is 14.4 Å². The number of hydrogen-bond donors (Lipinski definition) is 0. The number of hydrogen-bond acceptors (Lipinski definition) is 7. The second kappa shape index (κ2) is 8.34. The minimum Gasteiger partial charge on any atom is -0.497 e. The summed E-state index contributed by atoms with van der Waals surface area (Å²) in [4.78, 5) is 22.8. The van der Waals surface area contributed by atoms with Gasteiger partial charge in [-0.2, -0.15) is 4.31 Å². The second-order valence-electron chi connectivity index (χ2n) is 6.63. The maximum Gasteiger partial charge on any atom is 0.257 e. The number of aromatic nitrogens is 2. The van der Waals surface area contributed by atoms with Crippen LogP contribution in [0.25, 0.3) is 0 Å². The molecular weight excluding hydrogens is 396 g/mol. The van der Waals surface area contributed by atoms with Gasteiger partial charge >= 0.3 is 0 Å². The van der Waals surface area contributed by atoms with Crippen LogP contribution in [-0.4, -0.2) is 73.9 Å². The summed E-state index contributed by atoms with van der Waals surface area (Å²) in [5.41, 5.74) is 1.04. The monoisotopic (exact) mass is 420 g/mol. The summed E-state index contributed by atoms with van der Waals surface area (Å²) in [5, 5.41) is 0. The first-order chi connectivity index (χ1) is 13.8. The molecule has 1 fully saturated rings. The molecule has 0 bridgehead atoms. The van der Waals surface area contributed by atoms with Gasteiger partial charge in [-0.25, -0.2) is 18.4 Å². The lowest BCUT2D eigenvalue weighted by atomic mass is 10.2. The lowest BCUT2D eigenvalue weighted by Crippen LogP contribution is -2.50. The molecule has 1 saturated heterocycles. The number of ether oxygens (including phenoxy) is 2. The van der Waals surface area contributed by atoms with Crippen LogP contribution >= 0.6 is 0 Å². The quantitative estimate of drug-likeness (QED) is 0.717. The minimum absolute atomic E-state index is 0.0434. The fraction of sp³-hybridized carbons (Fsp3) is 0.421. The fourth-order valence-electron chi connectivity index (χ4n) is 3.22. The van der Waals surface area contributed by atoms with Crippen molar-refractivity contribution in [3.8, 4) is 11.5 Å². The van der Waals surface area contributed by atoms with Crippen molar-refractivity contribution in [1.82, 2.24) is 19.2 Å². The van der Waals surface area contributed by atoms with Crippen LogP contribution in [0, 0.1) is 13.8 Å². The van der Waals surface area contributed by atoms with Gasteiger partial charge in [0.05, 0.1) is 25.5 Å². The van der Waals surface area contributed by atoms with Crippen LogP contribution in [0.15, 0.2) is 29.3 Å². The van der Waals surface area contributed by atoms with Gasteiger partial charge in [0, 0.05) is 38.4 Å². The van der Waals surface area contributed by atoms with Crippen molar-refractivity contribution in [3.63, 3.8) is 0 Å². The number of sulfonamides is 1. The van der Waals surface area contributed by atoms with E-state index in [9.17, 15) is 13.2 Å². The molecule has 1 aliphatic rings. The smallest absolute Gasteiger partial charge is 0.257 e. The van der Waals surface area contributed by atoms with Crippen molar-refractivity contribution in [2.75, 3.05) is 40.4 Å². The molecule has 2 aromatic rings. The number of nitrogens with zero attached hydrogens (tertiary/aromatic N) is 4. The zero-order valence-corrected chi connectivity index (χ0v) is 17.7. The number of piperazine rings is 1. The zero-order chi connectivity index (χ0) is 21.2. The molecule has 10 heteroatoms. The van der Waals surface area contributed by atoms with Crippen LogP contribution in [0.4, 0.5) is 0 Å². The minimum atomic E-state index is -3.80. The highest BCUT2D eigenvalue weighted by Crippen LogP contribution is 2.31. The molecule has 0 unspecified atom stereocenters. The van der Waals surface area contributed by atoms with Crippen LogP contribution in [0.2, 0.25) is 0 Å². The number of carbonyl (C=O) groups is 1. The SMILES string of the molecule is COc1ccc(OC)c(S(=O)(=O)N2CCN(C(=O)c3cnc(C)nc3C)CC2)c1. The molecule has 0 aliphatic carbocycles. The third-order valence-corrected chi connectivity index (χ3v) is 6.76. The van der Waals surface area contributed by atoms with Crippen LogP contribution in [0.5, 0.6) is 11.5 Å². The third-order valence-electron chi connectivity index (χ3n) is 4.84. The van der Waals surface area contributed by atoms with E-state index in [-0.39, 0.29) is 42.7 Å². The molecule has 0 N–H and O–H groups in total. The van der Waals surface area contributed by atoms with E-state index in [1.807, 2.05) is 0 Å². The average molecular weight is 420 g/mol. The topological polar surface area (TPSA) is 102 Å². The Kier molecular flexibility index (Phi) is 6.04. The highest BCUT2D eigenvalue weighted by molar-refractivity contribution is 7.89. The van der Waals surface area contributed by atoms with Crippen molar-refractivity contribution in [2.45, 2.75) is 18.7 Å². The summed E-state index contributed by atoms with van der Waals surface area (Å²) in [7, 11) is -0.908. The lowest BCUT2D eigenvalue weighted by molar-refractivity contribution is 0.0696. The van der Waals surface area contributed by atoms with E-state index >= 15 is 0 Å². The first-order valence-corrected chi connectivity index (χ1v) is 10.5. The Hall–Kier alpha value is -2.72. The van der Waals surface area contributed by atoms with Crippen molar-refractivity contribution in [3.05, 3.63) is 41.5 Å². The zero-order valence-electron chi connectivity index (χ0n) is 16.9. The normalized spacial score (nSPS) is 15.2. The van der Waals surface area contributed by atoms with E-state index in [2.05, 4.69) is 9.97 Å². The van der Waals surface area contributed by atoms with Gasteiger partial charge in [-0.15, -0.1) is 0 Å². The Balaban J connectivity index is 1.77. The predicted octanol–water partition coefficient (Wildman–Crippen LogP) is 1.26. The van der Waals surface area contributed by atoms with Crippen molar-refractivity contribution in [1.29, 1.82) is 0 Å². The van der Waals surface area contributed by atoms with E-state index in [1.54, 1.807) is 30.9 Å². The fourth-order valence-corrected chi connectivity index (χ4v) is 4.81. The van der Waals surface area contributed by atoms with Gasteiger partial charge in [-0.3, -0.25) is 4.79 Å². The number of aryl methyl sites for hydroxylation is 2. The maximum atomic E-state index is 13.1. The molecule has 0 spiro atoms. The van der Waals surface area contributed by atoms with Gasteiger partial charge in [-0.05, 0) is 26.0 Å². The van der Waals surface area contributed by atoms with Crippen molar-refractivity contribution >= 4 is 15.9 Å². The Morgan fingerprint density at radius 2 is 1.76 bits per heavy atom. The highest BCUT2D eigenvalue weighted by atomic mass is 32.2. The third kappa shape index (κ3) is 4.18. The van der Waals surface area contributed by atoms with Gasteiger partial charge in [0.2, 0.25) is 10.0 Å². The molecule has 2 heterocycles. The van der Waals surface area contributed by atoms with Crippen LogP contribution in [0.3, 0.4) is 0 Å². The Morgan fingerprint density at radius 3 is 2.34 bits per heavy atom. The molecule has 3 rings (SSSR count). The summed E-state index contributed by atoms with van der Waals surface area (Å²) in [6.45, 7) is 4.44. The number of carbonyl (C=O) groups excluding carboxylic acids is 1. The van der Waals surface area contributed by atoms with E-state index in [1.165, 1.54) is 30.8 Å². The number of methoxy groups -OCH3 is 2. The molecule has 29 heavy (non-hydrogen) atoms. The molecule has 0 radical (unpaired) electrons. The number of amides is 1. The van der Waals surface area contributed by atoms with E-state index < -0.39 is 10.0 Å². The molecule has 0 saturated carbocycles. The summed E-state index contributed by atoms with van der Waals surface area (Å²) < 4.78 is 38.0. The summed E-state index contributed by atoms with van der Waals surface area (Å²) in [5.74, 6) is 1.07. The summed E-state index contributed by atoms with van der Waals surface area (Å²) in [6, 6.07) is 4.64. The molecular formula is C19H24N4O5S. The molecule has 1 aromatic carbocycles. The van der Waals surface area contributed by atoms with Gasteiger partial charge in [-0.1, -0.05) is 0 Å². The van der Waals surface area contributed by atoms with E-state index in [0.717, 1.165) is 0 Å². The molecule has 9 nitrogen and oxygen atoms in total. The molecule has 1 amide bonds. The molecule has 1 aromatic heterocycles. The maximum absolute atomic E-state index is 13.1. The largest absolute Gasteiger partial charge is 0.497 e.